The van der Waals surface area contributed by atoms with Crippen molar-refractivity contribution < 1.29 is 9.59 Å². The Morgan fingerprint density at radius 2 is 1.97 bits per heavy atom. The zero-order chi connectivity index (χ0) is 22.1. The van der Waals surface area contributed by atoms with Crippen LogP contribution in [0, 0.1) is 17.8 Å². The minimum absolute atomic E-state index is 0.0109. The number of thiol groups is 1. The van der Waals surface area contributed by atoms with Gasteiger partial charge < -0.3 is 11.1 Å². The maximum atomic E-state index is 13.2. The molecule has 1 heterocycles. The van der Waals surface area contributed by atoms with Gasteiger partial charge in [0.2, 0.25) is 5.91 Å². The lowest BCUT2D eigenvalue weighted by Gasteiger charge is -2.47. The summed E-state index contributed by atoms with van der Waals surface area (Å²) in [5.74, 6) is 1.31. The van der Waals surface area contributed by atoms with E-state index in [0.717, 1.165) is 23.4 Å². The molecule has 1 amide bonds. The normalized spacial score (nSPS) is 30.1. The van der Waals surface area contributed by atoms with Gasteiger partial charge in [-0.15, -0.1) is 12.6 Å². The summed E-state index contributed by atoms with van der Waals surface area (Å²) in [7, 11) is 0. The minimum Gasteiger partial charge on any atom is -0.350 e. The second kappa shape index (κ2) is 9.58. The van der Waals surface area contributed by atoms with Gasteiger partial charge in [-0.3, -0.25) is 14.5 Å². The Morgan fingerprint density at radius 3 is 2.57 bits per heavy atom. The van der Waals surface area contributed by atoms with E-state index in [0.29, 0.717) is 24.8 Å². The second-order valence-electron chi connectivity index (χ2n) is 10.6. The van der Waals surface area contributed by atoms with Crippen LogP contribution in [-0.2, 0) is 9.59 Å². The number of nitrogens with one attached hydrogen (secondary N) is 1. The highest BCUT2D eigenvalue weighted by molar-refractivity contribution is 7.84. The summed E-state index contributed by atoms with van der Waals surface area (Å²) >= 11 is 4.35. The van der Waals surface area contributed by atoms with Gasteiger partial charge in [0.1, 0.15) is 0 Å². The Bertz CT molecular complexity index is 722. The molecule has 3 N–H and O–H groups in total. The number of nitrogens with two attached hydrogens (primary N) is 1. The topological polar surface area (TPSA) is 75.4 Å². The van der Waals surface area contributed by atoms with Crippen LogP contribution in [0.1, 0.15) is 66.2 Å². The largest absolute Gasteiger partial charge is 0.350 e. The van der Waals surface area contributed by atoms with Crippen molar-refractivity contribution in [1.82, 2.24) is 10.2 Å². The number of piperidine rings is 1. The van der Waals surface area contributed by atoms with Crippen LogP contribution in [0.2, 0.25) is 0 Å². The van der Waals surface area contributed by atoms with Crippen LogP contribution < -0.4 is 11.1 Å². The number of carbonyl (C=O) groups excluding carboxylic acids is 2. The molecule has 30 heavy (non-hydrogen) atoms. The van der Waals surface area contributed by atoms with E-state index in [1.54, 1.807) is 6.08 Å². The Labute approximate surface area is 187 Å². The number of nitrogens with zero attached hydrogens (tertiary/aromatic N) is 1. The van der Waals surface area contributed by atoms with Crippen molar-refractivity contribution in [2.24, 2.45) is 23.5 Å². The molecule has 2 fully saturated rings. The molecular formula is C24H39N3O2S. The van der Waals surface area contributed by atoms with Gasteiger partial charge in [-0.25, -0.2) is 0 Å². The molecule has 3 rings (SSSR count). The first-order chi connectivity index (χ1) is 14.0. The lowest BCUT2D eigenvalue weighted by atomic mass is 9.72. The maximum absolute atomic E-state index is 13.2. The third-order valence-electron chi connectivity index (χ3n) is 6.88. The molecule has 5 atom stereocenters. The van der Waals surface area contributed by atoms with Gasteiger partial charge in [0.25, 0.3) is 0 Å². The quantitative estimate of drug-likeness (QED) is 0.581. The molecule has 0 radical (unpaired) electrons. The first kappa shape index (κ1) is 23.6. The fourth-order valence-electron chi connectivity index (χ4n) is 5.37. The zero-order valence-electron chi connectivity index (χ0n) is 19.0. The van der Waals surface area contributed by atoms with Crippen molar-refractivity contribution in [2.45, 2.75) is 83.8 Å². The monoisotopic (exact) mass is 433 g/mol. The summed E-state index contributed by atoms with van der Waals surface area (Å²) in [4.78, 5) is 29.0. The third-order valence-corrected chi connectivity index (χ3v) is 7.19. The van der Waals surface area contributed by atoms with Gasteiger partial charge in [-0.05, 0) is 69.8 Å². The number of ketones is 1. The van der Waals surface area contributed by atoms with Crippen LogP contribution in [0.25, 0.3) is 0 Å². The molecule has 1 aliphatic heterocycles. The summed E-state index contributed by atoms with van der Waals surface area (Å²) in [6, 6.07) is -0.314. The number of hydrogen-bond acceptors (Lipinski definition) is 5. The summed E-state index contributed by atoms with van der Waals surface area (Å²) in [5, 5.41) is 3.20. The Balaban J connectivity index is 1.82. The van der Waals surface area contributed by atoms with Crippen molar-refractivity contribution in [3.8, 4) is 0 Å². The summed E-state index contributed by atoms with van der Waals surface area (Å²) < 4.78 is 0. The van der Waals surface area contributed by atoms with E-state index in [1.165, 1.54) is 25.7 Å². The van der Waals surface area contributed by atoms with Crippen LogP contribution >= 0.6 is 12.6 Å². The van der Waals surface area contributed by atoms with Crippen molar-refractivity contribution in [2.75, 3.05) is 13.1 Å². The Hall–Kier alpha value is -1.11. The third kappa shape index (κ3) is 5.77. The van der Waals surface area contributed by atoms with Crippen molar-refractivity contribution in [3.05, 3.63) is 22.6 Å². The van der Waals surface area contributed by atoms with Gasteiger partial charge in [-0.1, -0.05) is 25.3 Å². The van der Waals surface area contributed by atoms with Gasteiger partial charge in [0.15, 0.2) is 5.78 Å². The molecule has 0 spiro atoms. The molecule has 0 bridgehead atoms. The Morgan fingerprint density at radius 1 is 1.30 bits per heavy atom. The molecule has 6 heteroatoms. The highest BCUT2D eigenvalue weighted by Gasteiger charge is 2.42. The van der Waals surface area contributed by atoms with E-state index >= 15 is 0 Å². The van der Waals surface area contributed by atoms with Crippen molar-refractivity contribution in [1.29, 1.82) is 0 Å². The minimum atomic E-state index is -0.262. The van der Waals surface area contributed by atoms with Gasteiger partial charge in [-0.2, -0.15) is 0 Å². The van der Waals surface area contributed by atoms with Crippen LogP contribution in [0.15, 0.2) is 22.6 Å². The number of hydrogen-bond donors (Lipinski definition) is 3. The first-order valence-corrected chi connectivity index (χ1v) is 12.0. The number of likely N-dealkylation sites (tertiary alicyclic amines) is 1. The van der Waals surface area contributed by atoms with E-state index in [1.807, 2.05) is 33.8 Å². The van der Waals surface area contributed by atoms with Gasteiger partial charge >= 0.3 is 0 Å². The van der Waals surface area contributed by atoms with E-state index in [2.05, 4.69) is 22.8 Å². The number of amides is 1. The predicted octanol–water partition coefficient (Wildman–Crippen LogP) is 3.46. The van der Waals surface area contributed by atoms with Gasteiger partial charge in [0.05, 0.1) is 6.04 Å². The van der Waals surface area contributed by atoms with E-state index in [-0.39, 0.29) is 35.2 Å². The highest BCUT2D eigenvalue weighted by Crippen LogP contribution is 2.39. The van der Waals surface area contributed by atoms with Crippen LogP contribution in [0.4, 0.5) is 0 Å². The van der Waals surface area contributed by atoms with E-state index in [9.17, 15) is 9.59 Å². The molecule has 5 nitrogen and oxygen atoms in total. The number of fused-ring (bicyclic) bond motifs is 1. The summed E-state index contributed by atoms with van der Waals surface area (Å²) in [6.07, 6.45) is 10.2. The molecule has 0 aromatic rings. The van der Waals surface area contributed by atoms with Crippen molar-refractivity contribution in [3.63, 3.8) is 0 Å². The predicted molar refractivity (Wildman–Crippen MR) is 125 cm³/mol. The molecule has 1 saturated heterocycles. The lowest BCUT2D eigenvalue weighted by Crippen LogP contribution is -2.59. The molecule has 0 unspecified atom stereocenters. The molecule has 0 aromatic heterocycles. The summed E-state index contributed by atoms with van der Waals surface area (Å²) in [5.41, 5.74) is 6.90. The molecule has 168 valence electrons. The van der Waals surface area contributed by atoms with Crippen LogP contribution in [0.5, 0.6) is 0 Å². The molecule has 1 saturated carbocycles. The standard InChI is InChI=1S/C24H39N3O2S/c1-15(25)20(19-10-9-18(30)12-22(19)28)14-27-13-17-8-6-5-7-16(17)11-21(27)23(29)26-24(2,3)4/h10,12,15-17,20-21,30H,5-9,11,13-14,25H2,1-4H3,(H,26,29)/t15-,16-,17+,20+,21-/m0/s1. The molecule has 3 aliphatic rings. The second-order valence-corrected chi connectivity index (χ2v) is 11.2. The maximum Gasteiger partial charge on any atom is 0.237 e. The fourth-order valence-corrected chi connectivity index (χ4v) is 5.58. The number of rotatable bonds is 5. The summed E-state index contributed by atoms with van der Waals surface area (Å²) in [6.45, 7) is 9.62. The van der Waals surface area contributed by atoms with E-state index < -0.39 is 0 Å². The average molecular weight is 434 g/mol. The van der Waals surface area contributed by atoms with Gasteiger partial charge in [0, 0.05) is 36.2 Å². The molecular weight excluding hydrogens is 394 g/mol. The first-order valence-electron chi connectivity index (χ1n) is 11.5. The molecule has 2 aliphatic carbocycles. The number of carbonyl (C=O) groups is 2. The fraction of sp³-hybridized carbons (Fsp3) is 0.750. The SMILES string of the molecule is C[C@H](N)[C@@H](CN1C[C@H]2CCCC[C@H]2C[C@H]1C(=O)NC(C)(C)C)C1=CCC(S)=CC1=O. The Kier molecular flexibility index (Phi) is 7.52. The number of allylic oxidation sites excluding steroid dienone is 3. The average Bonchev–Trinajstić information content (AvgIpc) is 2.64. The zero-order valence-corrected chi connectivity index (χ0v) is 19.9. The van der Waals surface area contributed by atoms with Crippen LogP contribution in [0.3, 0.4) is 0 Å². The highest BCUT2D eigenvalue weighted by atomic mass is 32.1. The smallest absolute Gasteiger partial charge is 0.237 e. The van der Waals surface area contributed by atoms with Crippen molar-refractivity contribution >= 4 is 24.3 Å². The molecule has 0 aromatic carbocycles. The van der Waals surface area contributed by atoms with Crippen LogP contribution in [-0.4, -0.2) is 47.3 Å². The lowest BCUT2D eigenvalue weighted by molar-refractivity contribution is -0.131. The van der Waals surface area contributed by atoms with E-state index in [4.69, 9.17) is 5.73 Å².